The van der Waals surface area contributed by atoms with Gasteiger partial charge in [0.25, 0.3) is 0 Å². The van der Waals surface area contributed by atoms with Gasteiger partial charge in [-0.05, 0) is 23.9 Å². The Morgan fingerprint density at radius 2 is 1.26 bits per heavy atom. The van der Waals surface area contributed by atoms with Gasteiger partial charge in [0.05, 0.1) is 0 Å². The van der Waals surface area contributed by atoms with Crippen LogP contribution < -0.4 is 0 Å². The van der Waals surface area contributed by atoms with E-state index >= 15 is 0 Å². The molecule has 0 unspecified atom stereocenters. The molecule has 1 rings (SSSR count). The van der Waals surface area contributed by atoms with Gasteiger partial charge in [0.2, 0.25) is 0 Å². The molecule has 5 nitrogen and oxygen atoms in total. The maximum atomic E-state index is 7.50. The Bertz CT molecular complexity index is 342. The molecule has 19 heavy (non-hydrogen) atoms. The predicted molar refractivity (Wildman–Crippen MR) is 61.5 cm³/mol. The summed E-state index contributed by atoms with van der Waals surface area (Å²) >= 11 is 6.43. The number of rotatable bonds is 1. The fourth-order valence-electron chi connectivity index (χ4n) is 0.505. The Balaban J connectivity index is -0.0000000332. The minimum atomic E-state index is 0. The van der Waals surface area contributed by atoms with E-state index in [1.165, 1.54) is 10.4 Å². The summed E-state index contributed by atoms with van der Waals surface area (Å²) in [6.45, 7) is 24.6. The predicted octanol–water partition coefficient (Wildman–Crippen LogP) is 2.21. The molecule has 98 valence electrons. The molecule has 0 aromatic carbocycles. The molecule has 0 amide bonds. The van der Waals surface area contributed by atoms with Crippen LogP contribution in [-0.4, -0.2) is 5.37 Å². The van der Waals surface area contributed by atoms with Crippen molar-refractivity contribution in [3.63, 3.8) is 0 Å². The van der Waals surface area contributed by atoms with E-state index in [9.17, 15) is 0 Å². The average Bonchev–Trinajstić information content (AvgIpc) is 2.95. The van der Waals surface area contributed by atoms with Crippen molar-refractivity contribution in [2.45, 2.75) is 6.92 Å². The zero-order valence-electron chi connectivity index (χ0n) is 9.50. The van der Waals surface area contributed by atoms with Crippen molar-refractivity contribution in [2.75, 3.05) is 0 Å². The SMILES string of the molecule is Cc1ccsc1C=S.[C-]#[O+].[C-]#[O+].[C-]#[O+].[C-]#[O+].[C-]#[O+].[W]. The van der Waals surface area contributed by atoms with Gasteiger partial charge in [0, 0.05) is 31.3 Å². The zero-order valence-corrected chi connectivity index (χ0v) is 14.1. The summed E-state index contributed by atoms with van der Waals surface area (Å²) in [6, 6.07) is 2.07. The van der Waals surface area contributed by atoms with Crippen LogP contribution >= 0.6 is 23.6 Å². The van der Waals surface area contributed by atoms with E-state index in [0.29, 0.717) is 0 Å². The Kier molecular flexibility index (Phi) is 102. The van der Waals surface area contributed by atoms with Crippen molar-refractivity contribution in [3.05, 3.63) is 55.1 Å². The normalized spacial score (nSPS) is 4.37. The average molecular weight is 466 g/mol. The third-order valence-corrected chi connectivity index (χ3v) is 2.36. The molecule has 1 aromatic heterocycles. The van der Waals surface area contributed by atoms with E-state index in [0.717, 1.165) is 0 Å². The van der Waals surface area contributed by atoms with Crippen LogP contribution in [0.4, 0.5) is 0 Å². The summed E-state index contributed by atoms with van der Waals surface area (Å²) in [5.74, 6) is 0. The molecule has 0 bridgehead atoms. The van der Waals surface area contributed by atoms with Crippen molar-refractivity contribution in [3.8, 4) is 0 Å². The van der Waals surface area contributed by atoms with Crippen molar-refractivity contribution in [2.24, 2.45) is 0 Å². The van der Waals surface area contributed by atoms with Crippen LogP contribution in [0.1, 0.15) is 10.4 Å². The van der Waals surface area contributed by atoms with E-state index in [1.807, 2.05) is 5.38 Å². The molecule has 0 spiro atoms. The summed E-state index contributed by atoms with van der Waals surface area (Å²) in [7, 11) is 0. The molecule has 1 aromatic rings. The first-order valence-electron chi connectivity index (χ1n) is 3.36. The number of thiocarbonyl (C=S) groups is 1. The minimum Gasteiger partial charge on any atom is 0 e. The van der Waals surface area contributed by atoms with Crippen LogP contribution in [0.5, 0.6) is 0 Å². The second-order valence-electron chi connectivity index (χ2n) is 1.59. The van der Waals surface area contributed by atoms with Crippen LogP contribution in [0.2, 0.25) is 0 Å². The second kappa shape index (κ2) is 53.4. The van der Waals surface area contributed by atoms with Gasteiger partial charge in [-0.25, -0.2) is 0 Å². The molecule has 0 radical (unpaired) electrons. The van der Waals surface area contributed by atoms with E-state index in [4.69, 9.17) is 35.5 Å². The van der Waals surface area contributed by atoms with Crippen LogP contribution in [-0.2, 0) is 44.3 Å². The van der Waals surface area contributed by atoms with Gasteiger partial charge in [0.1, 0.15) is 0 Å². The fourth-order valence-corrected chi connectivity index (χ4v) is 1.59. The summed E-state index contributed by atoms with van der Waals surface area (Å²) in [4.78, 5) is 1.21. The van der Waals surface area contributed by atoms with Crippen LogP contribution in [0.3, 0.4) is 0 Å². The molecule has 0 saturated heterocycles. The number of thiophene rings is 1. The number of aryl methyl sites for hydroxylation is 1. The van der Waals surface area contributed by atoms with E-state index < -0.39 is 0 Å². The smallest absolute Gasteiger partial charge is 0 e. The molecule has 0 saturated carbocycles. The number of hydrogen-bond acceptors (Lipinski definition) is 2. The summed E-state index contributed by atoms with van der Waals surface area (Å²) in [5, 5.41) is 3.77. The molecule has 0 atom stereocenters. The van der Waals surface area contributed by atoms with E-state index in [-0.39, 0.29) is 21.1 Å². The van der Waals surface area contributed by atoms with Gasteiger partial charge >= 0.3 is 56.5 Å². The third-order valence-electron chi connectivity index (χ3n) is 1.01. The molecule has 0 aliphatic rings. The Morgan fingerprint density at radius 3 is 1.37 bits per heavy atom. The van der Waals surface area contributed by atoms with Gasteiger partial charge in [-0.15, -0.1) is 11.3 Å². The first kappa shape index (κ1) is 36.2. The molecular weight excluding hydrogens is 460 g/mol. The van der Waals surface area contributed by atoms with Gasteiger partial charge in [0.15, 0.2) is 0 Å². The number of hydrogen-bond donors (Lipinski definition) is 0. The van der Waals surface area contributed by atoms with E-state index in [1.54, 1.807) is 16.7 Å². The molecule has 0 aliphatic carbocycles. The Morgan fingerprint density at radius 1 is 0.947 bits per heavy atom. The van der Waals surface area contributed by atoms with Gasteiger partial charge in [-0.2, -0.15) is 0 Å². The van der Waals surface area contributed by atoms with Crippen molar-refractivity contribution in [1.29, 1.82) is 0 Å². The topological polar surface area (TPSA) is 99.5 Å². The van der Waals surface area contributed by atoms with Crippen LogP contribution in [0.15, 0.2) is 11.4 Å². The van der Waals surface area contributed by atoms with E-state index in [2.05, 4.69) is 46.2 Å². The summed E-state index contributed by atoms with van der Waals surface area (Å²) in [5.41, 5.74) is 1.28. The molecular formula is C11H6O5S2W. The first-order chi connectivity index (χ1) is 8.84. The summed E-state index contributed by atoms with van der Waals surface area (Å²) in [6.07, 6.45) is 0. The molecule has 0 aliphatic heterocycles. The van der Waals surface area contributed by atoms with Gasteiger partial charge in [-0.1, -0.05) is 12.2 Å². The monoisotopic (exact) mass is 466 g/mol. The largest absolute Gasteiger partial charge is 0 e. The molecule has 0 N–H and O–H groups in total. The first-order valence-corrected chi connectivity index (χ1v) is 4.71. The van der Waals surface area contributed by atoms with Crippen molar-refractivity contribution < 1.29 is 44.3 Å². The second-order valence-corrected chi connectivity index (χ2v) is 2.77. The minimum absolute atomic E-state index is 0. The standard InChI is InChI=1S/C6H6S2.5CO.W/c1-5-2-3-8-6(5)4-7;5*1-2;/h2-4H,1H3;;;;;;. The Labute approximate surface area is 135 Å². The molecule has 0 fully saturated rings. The van der Waals surface area contributed by atoms with Crippen molar-refractivity contribution >= 4 is 28.9 Å². The maximum absolute atomic E-state index is 7.50. The van der Waals surface area contributed by atoms with Crippen LogP contribution in [0, 0.1) is 40.2 Å². The van der Waals surface area contributed by atoms with Crippen LogP contribution in [0.25, 0.3) is 0 Å². The van der Waals surface area contributed by atoms with Gasteiger partial charge in [-0.3, -0.25) is 0 Å². The quantitative estimate of drug-likeness (QED) is 0.354. The maximum Gasteiger partial charge on any atom is 0 e. The summed E-state index contributed by atoms with van der Waals surface area (Å²) < 4.78 is 37.5. The Hall–Kier alpha value is -0.822. The third kappa shape index (κ3) is 31.7. The molecule has 1 heterocycles. The zero-order chi connectivity index (χ0) is 16.0. The van der Waals surface area contributed by atoms with Gasteiger partial charge < -0.3 is 0 Å². The molecule has 8 heteroatoms. The fraction of sp³-hybridized carbons (Fsp3) is 0.0909. The van der Waals surface area contributed by atoms with Crippen molar-refractivity contribution in [1.82, 2.24) is 0 Å².